The van der Waals surface area contributed by atoms with Crippen molar-refractivity contribution < 1.29 is 29.2 Å². The first-order valence-electron chi connectivity index (χ1n) is 6.23. The van der Waals surface area contributed by atoms with Gasteiger partial charge < -0.3 is 0 Å². The summed E-state index contributed by atoms with van der Waals surface area (Å²) in [6.07, 6.45) is 11.9. The molecule has 0 aliphatic carbocycles. The van der Waals surface area contributed by atoms with Crippen LogP contribution in [-0.4, -0.2) is 0 Å². The predicted octanol–water partition coefficient (Wildman–Crippen LogP) is 5.07. The molecule has 0 saturated heterocycles. The second kappa shape index (κ2) is 13.1. The van der Waals surface area contributed by atoms with Gasteiger partial charge in [0.1, 0.15) is 0 Å². The number of unbranched alkanes of at least 4 members (excludes halogenated alkanes) is 6. The molecular formula is C12H26Y. The summed E-state index contributed by atoms with van der Waals surface area (Å²) < 4.78 is 3.34. The van der Waals surface area contributed by atoms with Crippen LogP contribution in [0.1, 0.15) is 65.2 Å². The molecule has 77 valence electrons. The van der Waals surface area contributed by atoms with Crippen LogP contribution in [0.15, 0.2) is 0 Å². The molecule has 0 aliphatic rings. The van der Waals surface area contributed by atoms with E-state index < -0.39 is 0 Å². The van der Waals surface area contributed by atoms with Crippen LogP contribution in [0.4, 0.5) is 0 Å². The molecule has 0 radical (unpaired) electrons. The van der Waals surface area contributed by atoms with E-state index in [0.717, 1.165) is 0 Å². The van der Waals surface area contributed by atoms with E-state index in [2.05, 4.69) is 13.8 Å². The van der Waals surface area contributed by atoms with E-state index in [0.29, 0.717) is 0 Å². The zero-order chi connectivity index (χ0) is 9.78. The average Bonchev–Trinajstić information content (AvgIpc) is 2.16. The predicted molar refractivity (Wildman–Crippen MR) is 57.9 cm³/mol. The van der Waals surface area contributed by atoms with Gasteiger partial charge >= 0.3 is 101 Å². The Labute approximate surface area is 100 Å². The summed E-state index contributed by atoms with van der Waals surface area (Å²) in [4.78, 5) is 0. The van der Waals surface area contributed by atoms with Crippen molar-refractivity contribution in [1.29, 1.82) is 0 Å². The molecule has 0 heterocycles. The van der Waals surface area contributed by atoms with Gasteiger partial charge in [0.2, 0.25) is 0 Å². The Morgan fingerprint density at radius 2 is 1.08 bits per heavy atom. The first kappa shape index (κ1) is 14.1. The Kier molecular flexibility index (Phi) is 14.2. The zero-order valence-electron chi connectivity index (χ0n) is 9.65. The average molecular weight is 259 g/mol. The summed E-state index contributed by atoms with van der Waals surface area (Å²) >= 11 is -0.0583. The van der Waals surface area contributed by atoms with Crippen molar-refractivity contribution >= 4 is 0 Å². The van der Waals surface area contributed by atoms with E-state index in [1.54, 1.807) is 19.3 Å². The van der Waals surface area contributed by atoms with Gasteiger partial charge in [0.25, 0.3) is 0 Å². The molecule has 0 aromatic carbocycles. The molecule has 0 rings (SSSR count). The summed E-state index contributed by atoms with van der Waals surface area (Å²) in [5.74, 6) is 0. The van der Waals surface area contributed by atoms with Crippen LogP contribution in [0.3, 0.4) is 0 Å². The van der Waals surface area contributed by atoms with Crippen molar-refractivity contribution in [2.75, 3.05) is 0 Å². The van der Waals surface area contributed by atoms with Crippen molar-refractivity contribution in [2.24, 2.45) is 0 Å². The molecule has 0 N–H and O–H groups in total. The Hall–Kier alpha value is 1.10. The van der Waals surface area contributed by atoms with Crippen LogP contribution < -0.4 is 0 Å². The van der Waals surface area contributed by atoms with Crippen LogP contribution in [-0.2, 0) is 29.2 Å². The Morgan fingerprint density at radius 3 is 1.46 bits per heavy atom. The van der Waals surface area contributed by atoms with Gasteiger partial charge in [-0.1, -0.05) is 0 Å². The van der Waals surface area contributed by atoms with Crippen LogP contribution in [0.2, 0.25) is 6.46 Å². The van der Waals surface area contributed by atoms with Crippen molar-refractivity contribution in [3.05, 3.63) is 0 Å². The van der Waals surface area contributed by atoms with Crippen molar-refractivity contribution in [2.45, 2.75) is 71.7 Å². The molecule has 0 bridgehead atoms. The van der Waals surface area contributed by atoms with Gasteiger partial charge in [-0.05, 0) is 0 Å². The van der Waals surface area contributed by atoms with Gasteiger partial charge in [0.15, 0.2) is 0 Å². The second-order valence-corrected chi connectivity index (χ2v) is 8.24. The maximum atomic E-state index is 2.30. The molecule has 13 heavy (non-hydrogen) atoms. The van der Waals surface area contributed by atoms with E-state index in [-0.39, 0.29) is 29.2 Å². The zero-order valence-corrected chi connectivity index (χ0v) is 12.5. The van der Waals surface area contributed by atoms with Gasteiger partial charge in [0, 0.05) is 0 Å². The fraction of sp³-hybridized carbons (Fsp3) is 1.00. The van der Waals surface area contributed by atoms with E-state index >= 15 is 0 Å². The quantitative estimate of drug-likeness (QED) is 0.481. The van der Waals surface area contributed by atoms with E-state index in [1.807, 2.05) is 0 Å². The normalized spacial score (nSPS) is 10.0. The first-order valence-corrected chi connectivity index (χ1v) is 10.2. The molecule has 0 aliphatic heterocycles. The Morgan fingerprint density at radius 1 is 0.615 bits per heavy atom. The molecule has 0 aromatic heterocycles. The summed E-state index contributed by atoms with van der Waals surface area (Å²) in [7, 11) is 0. The Bertz CT molecular complexity index is 71.2. The summed E-state index contributed by atoms with van der Waals surface area (Å²) in [6, 6.07) is 0. The van der Waals surface area contributed by atoms with Gasteiger partial charge in [-0.15, -0.1) is 0 Å². The molecule has 0 saturated carbocycles. The molecule has 1 heteroatoms. The van der Waals surface area contributed by atoms with E-state index in [4.69, 9.17) is 0 Å². The fourth-order valence-corrected chi connectivity index (χ4v) is 5.12. The maximum absolute atomic E-state index is 2.30. The van der Waals surface area contributed by atoms with Gasteiger partial charge in [0.05, 0.1) is 0 Å². The van der Waals surface area contributed by atoms with Crippen LogP contribution >= 0.6 is 0 Å². The molecule has 0 aromatic rings. The summed E-state index contributed by atoms with van der Waals surface area (Å²) in [5.41, 5.74) is 0. The van der Waals surface area contributed by atoms with Gasteiger partial charge in [-0.25, -0.2) is 0 Å². The van der Waals surface area contributed by atoms with Crippen LogP contribution in [0, 0.1) is 0 Å². The standard InChI is InChI=1S/2C6H13.Y/c2*1-3-5-6-4-2;/h2*1,3-6H2,2H3;. The molecule has 0 nitrogen and oxygen atoms in total. The molecule has 0 fully saturated rings. The SMILES string of the molecule is CCCCC[CH2][Y][CH2]CCCCC. The minimum absolute atomic E-state index is 0.0583. The molecule has 0 atom stereocenters. The van der Waals surface area contributed by atoms with Crippen molar-refractivity contribution in [3.63, 3.8) is 0 Å². The Balaban J connectivity index is 2.76. The molecule has 0 spiro atoms. The third-order valence-electron chi connectivity index (χ3n) is 2.52. The van der Waals surface area contributed by atoms with Crippen molar-refractivity contribution in [1.82, 2.24) is 0 Å². The molecule has 0 amide bonds. The molecule has 0 unspecified atom stereocenters. The minimum atomic E-state index is -0.0583. The van der Waals surface area contributed by atoms with Crippen LogP contribution in [0.25, 0.3) is 0 Å². The number of rotatable bonds is 10. The van der Waals surface area contributed by atoms with E-state index in [1.165, 1.54) is 38.5 Å². The number of hydrogen-bond donors (Lipinski definition) is 0. The van der Waals surface area contributed by atoms with Gasteiger partial charge in [-0.2, -0.15) is 0 Å². The summed E-state index contributed by atoms with van der Waals surface area (Å²) in [6.45, 7) is 4.60. The van der Waals surface area contributed by atoms with Crippen molar-refractivity contribution in [3.8, 4) is 0 Å². The fourth-order valence-electron chi connectivity index (χ4n) is 1.58. The first-order chi connectivity index (χ1) is 6.41. The summed E-state index contributed by atoms with van der Waals surface area (Å²) in [5, 5.41) is 0. The molecular weight excluding hydrogens is 233 g/mol. The third kappa shape index (κ3) is 13.1. The van der Waals surface area contributed by atoms with E-state index in [9.17, 15) is 0 Å². The number of hydrogen-bond acceptors (Lipinski definition) is 0. The topological polar surface area (TPSA) is 0 Å². The third-order valence-corrected chi connectivity index (χ3v) is 6.54. The van der Waals surface area contributed by atoms with Crippen LogP contribution in [0.5, 0.6) is 0 Å². The monoisotopic (exact) mass is 259 g/mol. The second-order valence-electron chi connectivity index (χ2n) is 3.99. The van der Waals surface area contributed by atoms with Gasteiger partial charge in [-0.3, -0.25) is 0 Å².